The molecule has 0 aliphatic carbocycles. The summed E-state index contributed by atoms with van der Waals surface area (Å²) in [5.41, 5.74) is -0.337. The van der Waals surface area contributed by atoms with E-state index in [2.05, 4.69) is 0 Å². The van der Waals surface area contributed by atoms with Gasteiger partial charge in [0.2, 0.25) is 0 Å². The lowest BCUT2D eigenvalue weighted by Crippen LogP contribution is -2.23. The van der Waals surface area contributed by atoms with Crippen molar-refractivity contribution < 1.29 is 4.39 Å². The molecule has 66 valence electrons. The van der Waals surface area contributed by atoms with Crippen LogP contribution >= 0.6 is 11.6 Å². The van der Waals surface area contributed by atoms with E-state index in [0.717, 1.165) is 5.69 Å². The first kappa shape index (κ1) is 9.33. The molecule has 0 heterocycles. The zero-order chi connectivity index (χ0) is 8.97. The zero-order valence-corrected chi connectivity index (χ0v) is 7.63. The van der Waals surface area contributed by atoms with Gasteiger partial charge in [0, 0.05) is 12.7 Å². The third-order valence-electron chi connectivity index (χ3n) is 1.61. The van der Waals surface area contributed by atoms with E-state index in [9.17, 15) is 4.39 Å². The van der Waals surface area contributed by atoms with Crippen LogP contribution in [0.25, 0.3) is 0 Å². The van der Waals surface area contributed by atoms with Crippen molar-refractivity contribution in [1.82, 2.24) is 0 Å². The maximum absolute atomic E-state index is 12.4. The number of rotatable bonds is 3. The molecule has 0 spiro atoms. The van der Waals surface area contributed by atoms with Crippen LogP contribution in [0.4, 0.5) is 10.1 Å². The van der Waals surface area contributed by atoms with Crippen LogP contribution in [0.5, 0.6) is 0 Å². The lowest BCUT2D eigenvalue weighted by molar-refractivity contribution is 0.446. The highest BCUT2D eigenvalue weighted by Crippen LogP contribution is 2.12. The summed E-state index contributed by atoms with van der Waals surface area (Å²) in [6, 6.07) is 9.57. The van der Waals surface area contributed by atoms with Crippen molar-refractivity contribution in [2.75, 3.05) is 18.5 Å². The van der Waals surface area contributed by atoms with Crippen molar-refractivity contribution in [3.63, 3.8) is 0 Å². The number of benzene rings is 1. The summed E-state index contributed by atoms with van der Waals surface area (Å²) >= 11 is 5.21. The van der Waals surface area contributed by atoms with E-state index in [0.29, 0.717) is 0 Å². The first-order valence-electron chi connectivity index (χ1n) is 3.74. The van der Waals surface area contributed by atoms with Crippen LogP contribution in [-0.4, -0.2) is 19.2 Å². The summed E-state index contributed by atoms with van der Waals surface area (Å²) in [4.78, 5) is 1.78. The second kappa shape index (κ2) is 4.31. The van der Waals surface area contributed by atoms with Gasteiger partial charge in [-0.15, -0.1) is 0 Å². The Bertz CT molecular complexity index is 225. The minimum absolute atomic E-state index is 0.214. The van der Waals surface area contributed by atoms with E-state index in [1.807, 2.05) is 37.4 Å². The Morgan fingerprint density at radius 2 is 2.00 bits per heavy atom. The van der Waals surface area contributed by atoms with Gasteiger partial charge in [0.1, 0.15) is 0 Å². The number of para-hydroxylation sites is 1. The van der Waals surface area contributed by atoms with Crippen LogP contribution in [0.3, 0.4) is 0 Å². The average Bonchev–Trinajstić information content (AvgIpc) is 2.05. The molecule has 1 unspecified atom stereocenters. The monoisotopic (exact) mass is 187 g/mol. The first-order valence-corrected chi connectivity index (χ1v) is 4.18. The number of anilines is 1. The van der Waals surface area contributed by atoms with Crippen LogP contribution in [0.15, 0.2) is 30.3 Å². The minimum atomic E-state index is -1.31. The molecule has 1 aromatic rings. The van der Waals surface area contributed by atoms with Crippen molar-refractivity contribution >= 4 is 17.3 Å². The van der Waals surface area contributed by atoms with Crippen molar-refractivity contribution in [2.45, 2.75) is 5.63 Å². The van der Waals surface area contributed by atoms with Crippen molar-refractivity contribution in [2.24, 2.45) is 0 Å². The maximum Gasteiger partial charge on any atom is 0.190 e. The van der Waals surface area contributed by atoms with E-state index in [1.54, 1.807) is 4.90 Å². The van der Waals surface area contributed by atoms with Gasteiger partial charge in [-0.1, -0.05) is 29.8 Å². The van der Waals surface area contributed by atoms with Crippen LogP contribution in [0, 0.1) is 0 Å². The topological polar surface area (TPSA) is 3.24 Å². The van der Waals surface area contributed by atoms with Gasteiger partial charge < -0.3 is 4.90 Å². The van der Waals surface area contributed by atoms with E-state index in [1.165, 1.54) is 0 Å². The lowest BCUT2D eigenvalue weighted by atomic mass is 10.3. The summed E-state index contributed by atoms with van der Waals surface area (Å²) in [6.07, 6.45) is 0. The molecule has 0 aliphatic rings. The Balaban J connectivity index is 2.59. The largest absolute Gasteiger partial charge is 0.370 e. The van der Waals surface area contributed by atoms with Gasteiger partial charge in [-0.2, -0.15) is 0 Å². The average molecular weight is 188 g/mol. The predicted molar refractivity (Wildman–Crippen MR) is 50.5 cm³/mol. The molecule has 12 heavy (non-hydrogen) atoms. The van der Waals surface area contributed by atoms with E-state index >= 15 is 0 Å². The van der Waals surface area contributed by atoms with Crippen LogP contribution < -0.4 is 4.90 Å². The predicted octanol–water partition coefficient (Wildman–Crippen LogP) is 2.66. The van der Waals surface area contributed by atoms with E-state index < -0.39 is 5.63 Å². The summed E-state index contributed by atoms with van der Waals surface area (Å²) in [6.45, 7) is 0.214. The number of halogens is 2. The molecule has 1 rings (SSSR count). The van der Waals surface area contributed by atoms with Crippen LogP contribution in [0.2, 0.25) is 0 Å². The molecular weight excluding hydrogens is 177 g/mol. The Morgan fingerprint density at radius 3 is 2.50 bits per heavy atom. The molecular formula is C9H11ClFN. The molecule has 0 bridgehead atoms. The van der Waals surface area contributed by atoms with Crippen molar-refractivity contribution in [3.05, 3.63) is 30.3 Å². The number of nitrogens with zero attached hydrogens (tertiary/aromatic N) is 1. The van der Waals surface area contributed by atoms with Gasteiger partial charge in [-0.05, 0) is 12.1 Å². The quantitative estimate of drug-likeness (QED) is 0.658. The third kappa shape index (κ3) is 2.70. The van der Waals surface area contributed by atoms with Gasteiger partial charge in [-0.25, -0.2) is 4.39 Å². The molecule has 1 aromatic carbocycles. The highest BCUT2D eigenvalue weighted by atomic mass is 35.5. The highest BCUT2D eigenvalue weighted by Gasteiger charge is 2.05. The second-order valence-electron chi connectivity index (χ2n) is 2.61. The van der Waals surface area contributed by atoms with Gasteiger partial charge in [0.25, 0.3) is 0 Å². The highest BCUT2D eigenvalue weighted by molar-refractivity contribution is 6.19. The standard InChI is InChI=1S/C9H11ClFN/c1-12(7-9(10)11)8-5-3-2-4-6-8/h2-6,9H,7H2,1H3. The number of hydrogen-bond donors (Lipinski definition) is 0. The van der Waals surface area contributed by atoms with E-state index in [-0.39, 0.29) is 6.54 Å². The van der Waals surface area contributed by atoms with Gasteiger partial charge >= 0.3 is 0 Å². The molecule has 0 N–H and O–H groups in total. The second-order valence-corrected chi connectivity index (χ2v) is 3.08. The van der Waals surface area contributed by atoms with Crippen molar-refractivity contribution in [1.29, 1.82) is 0 Å². The summed E-state index contributed by atoms with van der Waals surface area (Å²) in [5, 5.41) is 0. The summed E-state index contributed by atoms with van der Waals surface area (Å²) < 4.78 is 12.4. The van der Waals surface area contributed by atoms with Crippen molar-refractivity contribution in [3.8, 4) is 0 Å². The summed E-state index contributed by atoms with van der Waals surface area (Å²) in [5.74, 6) is 0. The molecule has 0 radical (unpaired) electrons. The molecule has 3 heteroatoms. The Labute approximate surface area is 76.8 Å². The fourth-order valence-electron chi connectivity index (χ4n) is 0.995. The lowest BCUT2D eigenvalue weighted by Gasteiger charge is -2.18. The van der Waals surface area contributed by atoms with Crippen LogP contribution in [-0.2, 0) is 0 Å². The Kier molecular flexibility index (Phi) is 3.35. The van der Waals surface area contributed by atoms with E-state index in [4.69, 9.17) is 11.6 Å². The number of hydrogen-bond acceptors (Lipinski definition) is 1. The Morgan fingerprint density at radius 1 is 1.42 bits per heavy atom. The van der Waals surface area contributed by atoms with Gasteiger partial charge in [0.15, 0.2) is 5.63 Å². The normalized spacial score (nSPS) is 12.6. The molecule has 0 fully saturated rings. The number of alkyl halides is 2. The molecule has 0 saturated carbocycles. The maximum atomic E-state index is 12.4. The van der Waals surface area contributed by atoms with Gasteiger partial charge in [0.05, 0.1) is 6.54 Å². The van der Waals surface area contributed by atoms with Crippen LogP contribution in [0.1, 0.15) is 0 Å². The third-order valence-corrected chi connectivity index (χ3v) is 1.75. The molecule has 1 nitrogen and oxygen atoms in total. The fourth-order valence-corrected chi connectivity index (χ4v) is 1.20. The molecule has 0 aliphatic heterocycles. The zero-order valence-electron chi connectivity index (χ0n) is 6.87. The Hall–Kier alpha value is -0.760. The first-order chi connectivity index (χ1) is 5.70. The van der Waals surface area contributed by atoms with Gasteiger partial charge in [-0.3, -0.25) is 0 Å². The molecule has 0 amide bonds. The summed E-state index contributed by atoms with van der Waals surface area (Å²) in [7, 11) is 1.81. The molecule has 0 saturated heterocycles. The fraction of sp³-hybridized carbons (Fsp3) is 0.333. The SMILES string of the molecule is CN(CC(F)Cl)c1ccccc1. The molecule has 1 atom stereocenters. The smallest absolute Gasteiger partial charge is 0.190 e. The molecule has 0 aromatic heterocycles. The minimum Gasteiger partial charge on any atom is -0.370 e.